The number of imidazole rings is 1. The Bertz CT molecular complexity index is 652. The van der Waals surface area contributed by atoms with Crippen LogP contribution in [0.15, 0.2) is 21.4 Å². The third-order valence-corrected chi connectivity index (χ3v) is 3.40. The molecule has 1 aromatic heterocycles. The van der Waals surface area contributed by atoms with E-state index < -0.39 is 0 Å². The van der Waals surface area contributed by atoms with Gasteiger partial charge in [-0.2, -0.15) is 0 Å². The number of fused-ring (bicyclic) bond motifs is 1. The van der Waals surface area contributed by atoms with Crippen molar-refractivity contribution in [2.45, 2.75) is 6.92 Å². The van der Waals surface area contributed by atoms with Crippen LogP contribution in [0.1, 0.15) is 17.3 Å². The maximum atomic E-state index is 11.7. The zero-order valence-electron chi connectivity index (χ0n) is 9.24. The molecule has 0 spiro atoms. The summed E-state index contributed by atoms with van der Waals surface area (Å²) in [5.41, 5.74) is 2.07. The van der Waals surface area contributed by atoms with Gasteiger partial charge in [-0.15, -0.1) is 0 Å². The van der Waals surface area contributed by atoms with Crippen molar-refractivity contribution in [2.24, 2.45) is 14.1 Å². The SMILES string of the molecule is CC(=O)c1cc2c(cc1Br)n(C)c(=O)n2C. The number of nitrogens with zero attached hydrogens (tertiary/aromatic N) is 2. The molecule has 1 heterocycles. The zero-order valence-corrected chi connectivity index (χ0v) is 10.8. The van der Waals surface area contributed by atoms with Crippen LogP contribution >= 0.6 is 15.9 Å². The van der Waals surface area contributed by atoms with Crippen molar-refractivity contribution in [1.82, 2.24) is 9.13 Å². The van der Waals surface area contributed by atoms with Gasteiger partial charge >= 0.3 is 5.69 Å². The molecule has 0 N–H and O–H groups in total. The number of rotatable bonds is 1. The number of carbonyl (C=O) groups is 1. The van der Waals surface area contributed by atoms with E-state index in [1.54, 1.807) is 30.8 Å². The average molecular weight is 283 g/mol. The van der Waals surface area contributed by atoms with Crippen LogP contribution in [0.25, 0.3) is 11.0 Å². The molecule has 0 radical (unpaired) electrons. The van der Waals surface area contributed by atoms with E-state index >= 15 is 0 Å². The van der Waals surface area contributed by atoms with Crippen molar-refractivity contribution in [2.75, 3.05) is 0 Å². The largest absolute Gasteiger partial charge is 0.328 e. The first kappa shape index (κ1) is 11.1. The van der Waals surface area contributed by atoms with Gasteiger partial charge < -0.3 is 0 Å². The molecule has 16 heavy (non-hydrogen) atoms. The van der Waals surface area contributed by atoms with Gasteiger partial charge in [0.2, 0.25) is 0 Å². The van der Waals surface area contributed by atoms with Crippen LogP contribution in [-0.4, -0.2) is 14.9 Å². The highest BCUT2D eigenvalue weighted by Crippen LogP contribution is 2.23. The summed E-state index contributed by atoms with van der Waals surface area (Å²) in [4.78, 5) is 23.1. The van der Waals surface area contributed by atoms with E-state index in [1.165, 1.54) is 11.5 Å². The second kappa shape index (κ2) is 3.59. The molecule has 4 nitrogen and oxygen atoms in total. The summed E-state index contributed by atoms with van der Waals surface area (Å²) in [5, 5.41) is 0. The number of hydrogen-bond donors (Lipinski definition) is 0. The predicted octanol–water partition coefficient (Wildman–Crippen LogP) is 1.84. The van der Waals surface area contributed by atoms with Gasteiger partial charge in [-0.3, -0.25) is 13.9 Å². The Morgan fingerprint density at radius 3 is 2.19 bits per heavy atom. The smallest absolute Gasteiger partial charge is 0.295 e. The Morgan fingerprint density at radius 2 is 1.69 bits per heavy atom. The highest BCUT2D eigenvalue weighted by atomic mass is 79.9. The minimum Gasteiger partial charge on any atom is -0.295 e. The topological polar surface area (TPSA) is 44.0 Å². The van der Waals surface area contributed by atoms with Gasteiger partial charge in [-0.05, 0) is 35.0 Å². The van der Waals surface area contributed by atoms with Gasteiger partial charge in [-0.1, -0.05) is 0 Å². The van der Waals surface area contributed by atoms with E-state index in [9.17, 15) is 9.59 Å². The summed E-state index contributed by atoms with van der Waals surface area (Å²) in [6, 6.07) is 3.54. The number of halogens is 1. The minimum atomic E-state index is -0.0948. The quantitative estimate of drug-likeness (QED) is 0.750. The first-order chi connectivity index (χ1) is 7.43. The Kier molecular flexibility index (Phi) is 2.50. The van der Waals surface area contributed by atoms with Gasteiger partial charge in [0.05, 0.1) is 11.0 Å². The van der Waals surface area contributed by atoms with Crippen LogP contribution in [0.3, 0.4) is 0 Å². The fourth-order valence-electron chi connectivity index (χ4n) is 1.79. The first-order valence-electron chi connectivity index (χ1n) is 4.79. The number of aromatic nitrogens is 2. The molecule has 1 aromatic carbocycles. The second-order valence-electron chi connectivity index (χ2n) is 3.78. The molecule has 0 atom stereocenters. The van der Waals surface area contributed by atoms with Crippen molar-refractivity contribution in [1.29, 1.82) is 0 Å². The number of hydrogen-bond acceptors (Lipinski definition) is 2. The van der Waals surface area contributed by atoms with E-state index in [0.717, 1.165) is 11.0 Å². The van der Waals surface area contributed by atoms with Crippen LogP contribution in [-0.2, 0) is 14.1 Å². The Morgan fingerprint density at radius 1 is 1.19 bits per heavy atom. The monoisotopic (exact) mass is 282 g/mol. The lowest BCUT2D eigenvalue weighted by molar-refractivity contribution is 0.101. The molecular formula is C11H11BrN2O2. The van der Waals surface area contributed by atoms with Crippen molar-refractivity contribution < 1.29 is 4.79 Å². The van der Waals surface area contributed by atoms with Crippen LogP contribution in [0.5, 0.6) is 0 Å². The lowest BCUT2D eigenvalue weighted by atomic mass is 10.1. The molecule has 0 unspecified atom stereocenters. The number of aryl methyl sites for hydroxylation is 2. The Labute approximate surface area is 101 Å². The highest BCUT2D eigenvalue weighted by Gasteiger charge is 2.13. The van der Waals surface area contributed by atoms with E-state index in [4.69, 9.17) is 0 Å². The van der Waals surface area contributed by atoms with Crippen molar-refractivity contribution in [3.05, 3.63) is 32.7 Å². The maximum absolute atomic E-state index is 11.7. The van der Waals surface area contributed by atoms with Crippen LogP contribution in [0.2, 0.25) is 0 Å². The van der Waals surface area contributed by atoms with Crippen LogP contribution < -0.4 is 5.69 Å². The summed E-state index contributed by atoms with van der Waals surface area (Å²) < 4.78 is 3.81. The predicted molar refractivity (Wildman–Crippen MR) is 65.9 cm³/mol. The molecule has 0 amide bonds. The Hall–Kier alpha value is -1.36. The molecule has 0 aliphatic carbocycles. The first-order valence-corrected chi connectivity index (χ1v) is 5.58. The second-order valence-corrected chi connectivity index (χ2v) is 4.63. The summed E-state index contributed by atoms with van der Waals surface area (Å²) in [5.74, 6) is -0.0231. The van der Waals surface area contributed by atoms with E-state index in [2.05, 4.69) is 15.9 Å². The number of carbonyl (C=O) groups excluding carboxylic acids is 1. The third-order valence-electron chi connectivity index (χ3n) is 2.74. The number of ketones is 1. The molecule has 0 saturated heterocycles. The highest BCUT2D eigenvalue weighted by molar-refractivity contribution is 9.10. The van der Waals surface area contributed by atoms with Gasteiger partial charge in [0.1, 0.15) is 0 Å². The molecule has 2 rings (SSSR count). The average Bonchev–Trinajstić information content (AvgIpc) is 2.43. The molecule has 84 valence electrons. The molecule has 5 heteroatoms. The fourth-order valence-corrected chi connectivity index (χ4v) is 2.40. The summed E-state index contributed by atoms with van der Waals surface area (Å²) in [6.07, 6.45) is 0. The molecule has 0 aliphatic heterocycles. The summed E-state index contributed by atoms with van der Waals surface area (Å²) in [7, 11) is 3.41. The Balaban J connectivity index is 2.96. The summed E-state index contributed by atoms with van der Waals surface area (Å²) >= 11 is 3.34. The third kappa shape index (κ3) is 1.43. The molecule has 0 fully saturated rings. The molecule has 2 aromatic rings. The molecule has 0 saturated carbocycles. The van der Waals surface area contributed by atoms with Gasteiger partial charge in [0, 0.05) is 24.1 Å². The van der Waals surface area contributed by atoms with Gasteiger partial charge in [-0.25, -0.2) is 4.79 Å². The zero-order chi connectivity index (χ0) is 12.0. The fraction of sp³-hybridized carbons (Fsp3) is 0.273. The van der Waals surface area contributed by atoms with Crippen molar-refractivity contribution >= 4 is 32.7 Å². The van der Waals surface area contributed by atoms with E-state index in [-0.39, 0.29) is 11.5 Å². The maximum Gasteiger partial charge on any atom is 0.328 e. The van der Waals surface area contributed by atoms with E-state index in [1.807, 2.05) is 0 Å². The molecule has 0 bridgehead atoms. The summed E-state index contributed by atoms with van der Waals surface area (Å²) in [6.45, 7) is 1.51. The molecule has 0 aliphatic rings. The van der Waals surface area contributed by atoms with Crippen LogP contribution in [0, 0.1) is 0 Å². The van der Waals surface area contributed by atoms with E-state index in [0.29, 0.717) is 10.0 Å². The standard InChI is InChI=1S/C11H11BrN2O2/c1-6(15)7-4-9-10(5-8(7)12)14(3)11(16)13(9)2/h4-5H,1-3H3. The lowest BCUT2D eigenvalue weighted by Gasteiger charge is -2.02. The molecular weight excluding hydrogens is 272 g/mol. The lowest BCUT2D eigenvalue weighted by Crippen LogP contribution is -2.19. The minimum absolute atomic E-state index is 0.0231. The van der Waals surface area contributed by atoms with Gasteiger partial charge in [0.25, 0.3) is 0 Å². The normalized spacial score (nSPS) is 11.0. The number of benzene rings is 1. The van der Waals surface area contributed by atoms with Crippen molar-refractivity contribution in [3.8, 4) is 0 Å². The number of Topliss-reactive ketones (excluding diaryl/α,β-unsaturated/α-hetero) is 1. The van der Waals surface area contributed by atoms with Crippen molar-refractivity contribution in [3.63, 3.8) is 0 Å². The van der Waals surface area contributed by atoms with Gasteiger partial charge in [0.15, 0.2) is 5.78 Å². The van der Waals surface area contributed by atoms with Crippen LogP contribution in [0.4, 0.5) is 0 Å².